The molecule has 0 aromatic carbocycles. The molecule has 0 aromatic rings. The minimum absolute atomic E-state index is 0.338. The van der Waals surface area contributed by atoms with E-state index in [0.29, 0.717) is 17.8 Å². The van der Waals surface area contributed by atoms with Gasteiger partial charge in [0.05, 0.1) is 12.0 Å². The lowest BCUT2D eigenvalue weighted by molar-refractivity contribution is 0.306. The van der Waals surface area contributed by atoms with Crippen molar-refractivity contribution < 1.29 is 0 Å². The highest BCUT2D eigenvalue weighted by Crippen LogP contribution is 2.50. The second-order valence-electron chi connectivity index (χ2n) is 2.94. The molecule has 1 saturated heterocycles. The number of nitrogens with two attached hydrogens (primary N) is 1. The Morgan fingerprint density at radius 3 is 2.44 bits per heavy atom. The fourth-order valence-corrected chi connectivity index (χ4v) is 1.75. The molecule has 9 heavy (non-hydrogen) atoms. The Morgan fingerprint density at radius 2 is 2.00 bits per heavy atom. The SMILES string of the molecule is N#C[C@@H]1C2CN(N)C[C@@H]21. The lowest BCUT2D eigenvalue weighted by Gasteiger charge is -2.08. The van der Waals surface area contributed by atoms with Gasteiger partial charge in [0, 0.05) is 13.1 Å². The Bertz CT molecular complexity index is 160. The van der Waals surface area contributed by atoms with E-state index in [1.165, 1.54) is 0 Å². The molecule has 3 heteroatoms. The van der Waals surface area contributed by atoms with Crippen LogP contribution in [0.5, 0.6) is 0 Å². The molecule has 1 saturated carbocycles. The first kappa shape index (κ1) is 5.21. The zero-order valence-electron chi connectivity index (χ0n) is 5.12. The Kier molecular flexibility index (Phi) is 0.850. The first-order valence-electron chi connectivity index (χ1n) is 3.22. The first-order valence-corrected chi connectivity index (χ1v) is 3.22. The zero-order chi connectivity index (χ0) is 6.43. The van der Waals surface area contributed by atoms with Crippen molar-refractivity contribution in [1.29, 1.82) is 5.26 Å². The number of fused-ring (bicyclic) bond motifs is 1. The number of hydrogen-bond donors (Lipinski definition) is 1. The number of rotatable bonds is 0. The molecule has 3 nitrogen and oxygen atoms in total. The number of hydrogen-bond acceptors (Lipinski definition) is 3. The maximum absolute atomic E-state index is 8.49. The van der Waals surface area contributed by atoms with E-state index >= 15 is 0 Å². The molecule has 0 amide bonds. The molecule has 1 heterocycles. The fourth-order valence-electron chi connectivity index (χ4n) is 1.75. The summed E-state index contributed by atoms with van der Waals surface area (Å²) >= 11 is 0. The van der Waals surface area contributed by atoms with Crippen molar-refractivity contribution in [2.75, 3.05) is 13.1 Å². The van der Waals surface area contributed by atoms with Crippen molar-refractivity contribution in [2.24, 2.45) is 23.6 Å². The average Bonchev–Trinajstić information content (AvgIpc) is 2.30. The van der Waals surface area contributed by atoms with E-state index in [0.717, 1.165) is 13.1 Å². The topological polar surface area (TPSA) is 53.0 Å². The van der Waals surface area contributed by atoms with Gasteiger partial charge in [-0.05, 0) is 11.8 Å². The molecular weight excluding hydrogens is 114 g/mol. The van der Waals surface area contributed by atoms with E-state index in [2.05, 4.69) is 6.07 Å². The molecule has 2 aliphatic rings. The van der Waals surface area contributed by atoms with Crippen LogP contribution in [-0.2, 0) is 0 Å². The van der Waals surface area contributed by atoms with Gasteiger partial charge in [-0.2, -0.15) is 5.26 Å². The standard InChI is InChI=1S/C6H9N3/c7-1-4-5-2-9(8)3-6(4)5/h4-6H,2-3,8H2/t4-,5+,6?/m0/s1. The molecular formula is C6H9N3. The van der Waals surface area contributed by atoms with E-state index < -0.39 is 0 Å². The van der Waals surface area contributed by atoms with Gasteiger partial charge in [-0.3, -0.25) is 5.84 Å². The number of piperidine rings is 1. The monoisotopic (exact) mass is 123 g/mol. The molecule has 0 bridgehead atoms. The predicted molar refractivity (Wildman–Crippen MR) is 31.8 cm³/mol. The Morgan fingerprint density at radius 1 is 1.44 bits per heavy atom. The summed E-state index contributed by atoms with van der Waals surface area (Å²) in [5, 5.41) is 10.3. The number of nitriles is 1. The highest BCUT2D eigenvalue weighted by molar-refractivity contribution is 5.13. The summed E-state index contributed by atoms with van der Waals surface area (Å²) in [5.41, 5.74) is 0. The normalized spacial score (nSPS) is 48.2. The number of nitrogens with zero attached hydrogens (tertiary/aromatic N) is 2. The van der Waals surface area contributed by atoms with Gasteiger partial charge < -0.3 is 0 Å². The summed E-state index contributed by atoms with van der Waals surface area (Å²) < 4.78 is 0. The van der Waals surface area contributed by atoms with Gasteiger partial charge in [0.25, 0.3) is 0 Å². The maximum Gasteiger partial charge on any atom is 0.0662 e. The Labute approximate surface area is 54.0 Å². The van der Waals surface area contributed by atoms with Crippen LogP contribution in [-0.4, -0.2) is 18.1 Å². The highest BCUT2D eigenvalue weighted by atomic mass is 15.4. The van der Waals surface area contributed by atoms with Crippen LogP contribution >= 0.6 is 0 Å². The maximum atomic E-state index is 8.49. The Hall–Kier alpha value is -0.590. The van der Waals surface area contributed by atoms with E-state index in [4.69, 9.17) is 11.1 Å². The van der Waals surface area contributed by atoms with Crippen LogP contribution in [0.25, 0.3) is 0 Å². The van der Waals surface area contributed by atoms with E-state index in [1.807, 2.05) is 5.01 Å². The van der Waals surface area contributed by atoms with E-state index in [-0.39, 0.29) is 0 Å². The van der Waals surface area contributed by atoms with Crippen LogP contribution in [0, 0.1) is 29.1 Å². The van der Waals surface area contributed by atoms with Gasteiger partial charge >= 0.3 is 0 Å². The number of hydrazine groups is 1. The van der Waals surface area contributed by atoms with Crippen molar-refractivity contribution in [3.05, 3.63) is 0 Å². The van der Waals surface area contributed by atoms with Gasteiger partial charge in [-0.1, -0.05) is 0 Å². The van der Waals surface area contributed by atoms with Crippen LogP contribution in [0.15, 0.2) is 0 Å². The van der Waals surface area contributed by atoms with Gasteiger partial charge in [-0.25, -0.2) is 5.01 Å². The average molecular weight is 123 g/mol. The molecule has 0 radical (unpaired) electrons. The molecule has 1 aliphatic carbocycles. The molecule has 1 aliphatic heterocycles. The van der Waals surface area contributed by atoms with Gasteiger partial charge in [-0.15, -0.1) is 0 Å². The smallest absolute Gasteiger partial charge is 0.0662 e. The lowest BCUT2D eigenvalue weighted by Crippen LogP contribution is -2.31. The predicted octanol–water partition coefficient (Wildman–Crippen LogP) is -0.439. The summed E-state index contributed by atoms with van der Waals surface area (Å²) in [7, 11) is 0. The molecule has 2 fully saturated rings. The van der Waals surface area contributed by atoms with Crippen LogP contribution in [0.3, 0.4) is 0 Å². The van der Waals surface area contributed by atoms with Crippen molar-refractivity contribution in [1.82, 2.24) is 5.01 Å². The van der Waals surface area contributed by atoms with Crippen LogP contribution in [0.2, 0.25) is 0 Å². The quantitative estimate of drug-likeness (QED) is 0.444. The summed E-state index contributed by atoms with van der Waals surface area (Å²) in [5.74, 6) is 7.06. The third-order valence-electron chi connectivity index (χ3n) is 2.37. The van der Waals surface area contributed by atoms with Crippen LogP contribution < -0.4 is 5.84 Å². The van der Waals surface area contributed by atoms with E-state index in [9.17, 15) is 0 Å². The first-order chi connectivity index (χ1) is 4.33. The fraction of sp³-hybridized carbons (Fsp3) is 0.833. The summed E-state index contributed by atoms with van der Waals surface area (Å²) in [4.78, 5) is 0. The minimum atomic E-state index is 0.338. The van der Waals surface area contributed by atoms with Crippen molar-refractivity contribution >= 4 is 0 Å². The zero-order valence-corrected chi connectivity index (χ0v) is 5.12. The Balaban J connectivity index is 2.00. The molecule has 3 atom stereocenters. The second kappa shape index (κ2) is 1.47. The molecule has 1 unspecified atom stereocenters. The third kappa shape index (κ3) is 0.576. The van der Waals surface area contributed by atoms with Gasteiger partial charge in [0.15, 0.2) is 0 Å². The summed E-state index contributed by atoms with van der Waals surface area (Å²) in [6.45, 7) is 1.87. The van der Waals surface area contributed by atoms with Crippen LogP contribution in [0.1, 0.15) is 0 Å². The van der Waals surface area contributed by atoms with Crippen molar-refractivity contribution in [3.8, 4) is 6.07 Å². The van der Waals surface area contributed by atoms with Gasteiger partial charge in [0.1, 0.15) is 0 Å². The minimum Gasteiger partial charge on any atom is -0.269 e. The molecule has 2 rings (SSSR count). The molecule has 2 N–H and O–H groups in total. The largest absolute Gasteiger partial charge is 0.269 e. The highest BCUT2D eigenvalue weighted by Gasteiger charge is 2.55. The van der Waals surface area contributed by atoms with Crippen molar-refractivity contribution in [3.63, 3.8) is 0 Å². The summed E-state index contributed by atoms with van der Waals surface area (Å²) in [6.07, 6.45) is 0. The second-order valence-corrected chi connectivity index (χ2v) is 2.94. The van der Waals surface area contributed by atoms with Crippen LogP contribution in [0.4, 0.5) is 0 Å². The molecule has 0 spiro atoms. The van der Waals surface area contributed by atoms with Gasteiger partial charge in [0.2, 0.25) is 0 Å². The molecule has 48 valence electrons. The van der Waals surface area contributed by atoms with E-state index in [1.54, 1.807) is 0 Å². The van der Waals surface area contributed by atoms with Crippen molar-refractivity contribution in [2.45, 2.75) is 0 Å². The molecule has 0 aromatic heterocycles. The third-order valence-corrected chi connectivity index (χ3v) is 2.37. The summed E-state index contributed by atoms with van der Waals surface area (Å²) in [6, 6.07) is 2.28. The lowest BCUT2D eigenvalue weighted by atomic mass is 10.3.